The molecule has 62 heavy (non-hydrogen) atoms. The summed E-state index contributed by atoms with van der Waals surface area (Å²) in [6.07, 6.45) is 17.3. The van der Waals surface area contributed by atoms with E-state index in [1.807, 2.05) is 0 Å². The molecule has 0 unspecified atom stereocenters. The molecule has 2 nitrogen and oxygen atoms in total. The smallest absolute Gasteiger partial charge is 0.333 e. The maximum absolute atomic E-state index is 2.85. The van der Waals surface area contributed by atoms with Gasteiger partial charge in [-0.3, -0.25) is 0 Å². The molecule has 18 rings (SSSR count). The van der Waals surface area contributed by atoms with Crippen LogP contribution in [0.15, 0.2) is 115 Å². The van der Waals surface area contributed by atoms with Crippen LogP contribution in [0.3, 0.4) is 0 Å². The standard InChI is InChI=1S/C59H55BN2/c1-57(2)48-12-6-7-14-52(48)62-55-44(11-8-13-49(55)57)46-23-41(40-9-4-3-5-10-40)24-53-54(46)60(62)50-27-43(59-31-37-20-38(32-59)22-39(21-37)33-59)26-47-45-25-42(15-16-51(45)61(53)56(47)50)58-28-34-17-35(29-58)19-36(18-34)30-58/h3-16,23-27,34-39H,17-22,28-33H2,1-2H3. The average molecular weight is 803 g/mol. The molecule has 0 N–H and O–H groups in total. The number of nitrogens with zero attached hydrogens (tertiary/aromatic N) is 2. The number of anilines is 2. The lowest BCUT2D eigenvalue weighted by molar-refractivity contribution is -0.00526. The van der Waals surface area contributed by atoms with E-state index in [2.05, 4.69) is 138 Å². The minimum atomic E-state index is -0.122. The van der Waals surface area contributed by atoms with Gasteiger partial charge in [-0.2, -0.15) is 0 Å². The summed E-state index contributed by atoms with van der Waals surface area (Å²) in [6.45, 7) is 5.00. The van der Waals surface area contributed by atoms with E-state index in [0.717, 1.165) is 35.5 Å². The van der Waals surface area contributed by atoms with Crippen LogP contribution in [-0.4, -0.2) is 11.4 Å². The lowest BCUT2D eigenvalue weighted by Crippen LogP contribution is -2.62. The molecule has 7 aromatic rings. The molecular weight excluding hydrogens is 747 g/mol. The van der Waals surface area contributed by atoms with Crippen LogP contribution in [0.4, 0.5) is 11.4 Å². The third-order valence-electron chi connectivity index (χ3n) is 19.6. The molecule has 0 spiro atoms. The van der Waals surface area contributed by atoms with Crippen LogP contribution >= 0.6 is 0 Å². The third kappa shape index (κ3) is 4.21. The van der Waals surface area contributed by atoms with Crippen molar-refractivity contribution in [1.82, 2.24) is 4.57 Å². The van der Waals surface area contributed by atoms with Gasteiger partial charge in [-0.05, 0) is 210 Å². The highest BCUT2D eigenvalue weighted by atomic mass is 15.1. The summed E-state index contributed by atoms with van der Waals surface area (Å²) >= 11 is 0. The Bertz CT molecular complexity index is 3080. The molecule has 8 fully saturated rings. The SMILES string of the molecule is CC1(C)c2ccccc2N2B3c4c(cc(-c5ccccc5)cc4-n4c5ccc(C67CC8CC(CC(C8)C6)C7)cc5c5cc(C67CC8CC(CC(C8)C6)C7)cc3c54)-c3cccc1c32. The summed E-state index contributed by atoms with van der Waals surface area (Å²) in [5.41, 5.74) is 22.2. The van der Waals surface area contributed by atoms with Crippen LogP contribution in [0.25, 0.3) is 49.7 Å². The Morgan fingerprint density at radius 1 is 0.500 bits per heavy atom. The van der Waals surface area contributed by atoms with E-state index < -0.39 is 0 Å². The lowest BCUT2D eigenvalue weighted by Gasteiger charge is -2.57. The molecule has 3 heteroatoms. The quantitative estimate of drug-likeness (QED) is 0.162. The number of rotatable bonds is 3. The first-order valence-corrected chi connectivity index (χ1v) is 24.7. The zero-order valence-corrected chi connectivity index (χ0v) is 36.4. The van der Waals surface area contributed by atoms with Crippen LogP contribution in [-0.2, 0) is 16.2 Å². The Morgan fingerprint density at radius 2 is 1.11 bits per heavy atom. The van der Waals surface area contributed by atoms with Gasteiger partial charge >= 0.3 is 6.85 Å². The van der Waals surface area contributed by atoms with Gasteiger partial charge in [-0.15, -0.1) is 0 Å². The van der Waals surface area contributed by atoms with Gasteiger partial charge in [0.15, 0.2) is 0 Å². The molecular formula is C59H55BN2. The number of para-hydroxylation sites is 2. The van der Waals surface area contributed by atoms with Gasteiger partial charge in [0.1, 0.15) is 0 Å². The predicted octanol–water partition coefficient (Wildman–Crippen LogP) is 13.3. The van der Waals surface area contributed by atoms with Crippen molar-refractivity contribution in [2.24, 2.45) is 35.5 Å². The second-order valence-electron chi connectivity index (χ2n) is 23.4. The zero-order valence-electron chi connectivity index (χ0n) is 36.4. The molecule has 8 bridgehead atoms. The lowest BCUT2D eigenvalue weighted by atomic mass is 9.42. The van der Waals surface area contributed by atoms with Gasteiger partial charge < -0.3 is 9.38 Å². The number of hydrogen-bond acceptors (Lipinski definition) is 1. The summed E-state index contributed by atoms with van der Waals surface area (Å²) in [5, 5.41) is 3.04. The van der Waals surface area contributed by atoms with Gasteiger partial charge in [0, 0.05) is 38.8 Å². The van der Waals surface area contributed by atoms with E-state index in [9.17, 15) is 0 Å². The molecule has 8 aliphatic carbocycles. The van der Waals surface area contributed by atoms with Crippen molar-refractivity contribution in [1.29, 1.82) is 0 Å². The molecule has 8 saturated carbocycles. The van der Waals surface area contributed by atoms with E-state index in [0.29, 0.717) is 10.8 Å². The Kier molecular flexibility index (Phi) is 6.32. The van der Waals surface area contributed by atoms with Crippen molar-refractivity contribution < 1.29 is 0 Å². The average Bonchev–Trinajstić information content (AvgIpc) is 3.61. The Labute approximate surface area is 366 Å². The monoisotopic (exact) mass is 802 g/mol. The first kappa shape index (κ1) is 34.5. The van der Waals surface area contributed by atoms with Crippen LogP contribution in [0.2, 0.25) is 0 Å². The molecule has 4 heterocycles. The maximum Gasteiger partial charge on any atom is 0.333 e. The maximum atomic E-state index is 2.85. The number of fused-ring (bicyclic) bond motifs is 9. The van der Waals surface area contributed by atoms with Crippen molar-refractivity contribution in [3.63, 3.8) is 0 Å². The van der Waals surface area contributed by atoms with Crippen LogP contribution in [0.1, 0.15) is 113 Å². The molecule has 1 aromatic heterocycles. The van der Waals surface area contributed by atoms with Gasteiger partial charge in [-0.25, -0.2) is 0 Å². The molecule has 304 valence electrons. The molecule has 3 aliphatic heterocycles. The van der Waals surface area contributed by atoms with Crippen molar-refractivity contribution in [2.75, 3.05) is 4.81 Å². The second kappa shape index (κ2) is 11.4. The van der Waals surface area contributed by atoms with Gasteiger partial charge in [0.05, 0.1) is 11.0 Å². The summed E-state index contributed by atoms with van der Waals surface area (Å²) < 4.78 is 2.78. The van der Waals surface area contributed by atoms with Gasteiger partial charge in [0.2, 0.25) is 0 Å². The summed E-state index contributed by atoms with van der Waals surface area (Å²) in [4.78, 5) is 2.85. The first-order chi connectivity index (χ1) is 30.3. The minimum Gasteiger partial charge on any atom is -0.376 e. The van der Waals surface area contributed by atoms with E-state index in [4.69, 9.17) is 0 Å². The molecule has 0 radical (unpaired) electrons. The summed E-state index contributed by atoms with van der Waals surface area (Å²) in [5.74, 6) is 5.51. The highest BCUT2D eigenvalue weighted by molar-refractivity contribution is 6.93. The summed E-state index contributed by atoms with van der Waals surface area (Å²) in [6, 6.07) is 46.7. The van der Waals surface area contributed by atoms with Gasteiger partial charge in [-0.1, -0.05) is 92.7 Å². The van der Waals surface area contributed by atoms with E-state index in [1.54, 1.807) is 11.1 Å². The van der Waals surface area contributed by atoms with E-state index in [1.165, 1.54) is 160 Å². The number of aromatic nitrogens is 1. The van der Waals surface area contributed by atoms with Crippen LogP contribution in [0, 0.1) is 35.5 Å². The second-order valence-corrected chi connectivity index (χ2v) is 23.4. The highest BCUT2D eigenvalue weighted by Gasteiger charge is 2.55. The van der Waals surface area contributed by atoms with E-state index >= 15 is 0 Å². The topological polar surface area (TPSA) is 8.17 Å². The Balaban J connectivity index is 1.04. The first-order valence-electron chi connectivity index (χ1n) is 24.7. The fourth-order valence-corrected chi connectivity index (χ4v) is 18.0. The van der Waals surface area contributed by atoms with Crippen LogP contribution in [0.5, 0.6) is 0 Å². The Hall–Kier alpha value is -5.02. The number of benzene rings is 6. The largest absolute Gasteiger partial charge is 0.376 e. The minimum absolute atomic E-state index is 0.0755. The fraction of sp³-hybridized carbons (Fsp3) is 0.390. The zero-order chi connectivity index (χ0) is 40.4. The van der Waals surface area contributed by atoms with Crippen molar-refractivity contribution in [3.05, 3.63) is 138 Å². The van der Waals surface area contributed by atoms with Gasteiger partial charge in [0.25, 0.3) is 0 Å². The predicted molar refractivity (Wildman–Crippen MR) is 257 cm³/mol. The van der Waals surface area contributed by atoms with E-state index in [-0.39, 0.29) is 12.3 Å². The Morgan fingerprint density at radius 3 is 1.81 bits per heavy atom. The molecule has 6 aromatic carbocycles. The molecule has 0 saturated heterocycles. The summed E-state index contributed by atoms with van der Waals surface area (Å²) in [7, 11) is 0. The van der Waals surface area contributed by atoms with Crippen molar-refractivity contribution in [3.8, 4) is 27.9 Å². The third-order valence-corrected chi connectivity index (χ3v) is 19.6. The fourth-order valence-electron chi connectivity index (χ4n) is 18.0. The number of hydrogen-bond donors (Lipinski definition) is 0. The van der Waals surface area contributed by atoms with Crippen LogP contribution < -0.4 is 15.7 Å². The highest BCUT2D eigenvalue weighted by Crippen LogP contribution is 2.63. The molecule has 11 aliphatic rings. The van der Waals surface area contributed by atoms with Crippen molar-refractivity contribution in [2.45, 2.75) is 107 Å². The molecule has 0 atom stereocenters. The normalized spacial score (nSPS) is 31.8. The molecule has 0 amide bonds. The van der Waals surface area contributed by atoms with Crippen molar-refractivity contribution >= 4 is 51.0 Å².